The molecule has 1 saturated carbocycles. The van der Waals surface area contributed by atoms with Crippen molar-refractivity contribution in [3.05, 3.63) is 0 Å². The average molecular weight is 253 g/mol. The van der Waals surface area contributed by atoms with Crippen LogP contribution >= 0.6 is 0 Å². The molecule has 18 heavy (non-hydrogen) atoms. The van der Waals surface area contributed by atoms with Crippen LogP contribution in [-0.4, -0.2) is 17.2 Å². The molecule has 0 radical (unpaired) electrons. The summed E-state index contributed by atoms with van der Waals surface area (Å²) in [5.41, 5.74) is 6.98. The SMILES string of the molecule is CC1(C)CC(C(N)C2CCCC2(C)C)C(C)(C)O1. The molecule has 0 bridgehead atoms. The van der Waals surface area contributed by atoms with Crippen LogP contribution in [0.4, 0.5) is 0 Å². The molecule has 2 N–H and O–H groups in total. The summed E-state index contributed by atoms with van der Waals surface area (Å²) in [6, 6.07) is 0.277. The van der Waals surface area contributed by atoms with Crippen molar-refractivity contribution in [3.8, 4) is 0 Å². The zero-order valence-electron chi connectivity index (χ0n) is 13.0. The fourth-order valence-electron chi connectivity index (χ4n) is 4.55. The highest BCUT2D eigenvalue weighted by Crippen LogP contribution is 2.51. The predicted molar refractivity (Wildman–Crippen MR) is 76.4 cm³/mol. The zero-order chi connectivity index (χ0) is 13.8. The van der Waals surface area contributed by atoms with Crippen LogP contribution in [-0.2, 0) is 4.74 Å². The number of hydrogen-bond acceptors (Lipinski definition) is 2. The summed E-state index contributed by atoms with van der Waals surface area (Å²) in [4.78, 5) is 0. The van der Waals surface area contributed by atoms with Crippen LogP contribution in [0, 0.1) is 17.3 Å². The summed E-state index contributed by atoms with van der Waals surface area (Å²) >= 11 is 0. The molecule has 106 valence electrons. The Morgan fingerprint density at radius 1 is 1.06 bits per heavy atom. The first-order valence-electron chi connectivity index (χ1n) is 7.51. The Labute approximate surface area is 113 Å². The van der Waals surface area contributed by atoms with Gasteiger partial charge in [0.25, 0.3) is 0 Å². The molecule has 2 fully saturated rings. The van der Waals surface area contributed by atoms with Crippen molar-refractivity contribution in [1.82, 2.24) is 0 Å². The second-order valence-corrected chi connectivity index (χ2v) is 8.34. The van der Waals surface area contributed by atoms with Crippen LogP contribution in [0.5, 0.6) is 0 Å². The number of nitrogens with two attached hydrogens (primary N) is 1. The molecule has 0 aromatic carbocycles. The molecular formula is C16H31NO. The first-order valence-corrected chi connectivity index (χ1v) is 7.51. The lowest BCUT2D eigenvalue weighted by Gasteiger charge is -2.39. The van der Waals surface area contributed by atoms with Crippen molar-refractivity contribution >= 4 is 0 Å². The predicted octanol–water partition coefficient (Wildman–Crippen LogP) is 3.73. The highest BCUT2D eigenvalue weighted by Gasteiger charge is 2.52. The Balaban J connectivity index is 2.17. The Kier molecular flexibility index (Phi) is 3.35. The maximum Gasteiger partial charge on any atom is 0.0677 e. The second-order valence-electron chi connectivity index (χ2n) is 8.34. The molecule has 0 spiro atoms. The van der Waals surface area contributed by atoms with Gasteiger partial charge in [0.1, 0.15) is 0 Å². The van der Waals surface area contributed by atoms with E-state index in [-0.39, 0.29) is 17.2 Å². The molecule has 3 unspecified atom stereocenters. The standard InChI is InChI=1S/C16H31NO/c1-14(2)9-7-8-11(14)13(17)12-10-15(3,4)18-16(12,5)6/h11-13H,7-10,17H2,1-6H3. The third kappa shape index (κ3) is 2.46. The summed E-state index contributed by atoms with van der Waals surface area (Å²) in [5, 5.41) is 0. The minimum absolute atomic E-state index is 0.0193. The normalized spacial score (nSPS) is 38.8. The minimum atomic E-state index is -0.0818. The lowest BCUT2D eigenvalue weighted by Crippen LogP contribution is -2.48. The Morgan fingerprint density at radius 3 is 2.06 bits per heavy atom. The molecule has 2 nitrogen and oxygen atoms in total. The van der Waals surface area contributed by atoms with Gasteiger partial charge in [0, 0.05) is 12.0 Å². The van der Waals surface area contributed by atoms with Gasteiger partial charge in [-0.2, -0.15) is 0 Å². The van der Waals surface area contributed by atoms with E-state index in [1.54, 1.807) is 0 Å². The third-order valence-corrected chi connectivity index (χ3v) is 5.41. The summed E-state index contributed by atoms with van der Waals surface area (Å²) in [5.74, 6) is 1.13. The highest BCUT2D eigenvalue weighted by atomic mass is 16.5. The molecule has 2 rings (SSSR count). The minimum Gasteiger partial charge on any atom is -0.369 e. The molecule has 1 saturated heterocycles. The van der Waals surface area contributed by atoms with Crippen molar-refractivity contribution in [3.63, 3.8) is 0 Å². The molecular weight excluding hydrogens is 222 g/mol. The van der Waals surface area contributed by atoms with Gasteiger partial charge in [0.2, 0.25) is 0 Å². The number of rotatable bonds is 2. The van der Waals surface area contributed by atoms with Gasteiger partial charge in [-0.25, -0.2) is 0 Å². The van der Waals surface area contributed by atoms with Gasteiger partial charge in [-0.15, -0.1) is 0 Å². The van der Waals surface area contributed by atoms with Gasteiger partial charge in [0.05, 0.1) is 11.2 Å². The smallest absolute Gasteiger partial charge is 0.0677 e. The molecule has 2 aliphatic rings. The Hall–Kier alpha value is -0.0800. The first kappa shape index (κ1) is 14.3. The lowest BCUT2D eigenvalue weighted by atomic mass is 9.69. The van der Waals surface area contributed by atoms with Gasteiger partial charge < -0.3 is 10.5 Å². The van der Waals surface area contributed by atoms with Crippen LogP contribution in [0.1, 0.15) is 67.2 Å². The first-order chi connectivity index (χ1) is 8.05. The molecule has 1 aliphatic heterocycles. The van der Waals surface area contributed by atoms with E-state index in [1.807, 2.05) is 0 Å². The van der Waals surface area contributed by atoms with E-state index in [4.69, 9.17) is 10.5 Å². The Morgan fingerprint density at radius 2 is 1.67 bits per heavy atom. The van der Waals surface area contributed by atoms with E-state index in [2.05, 4.69) is 41.5 Å². The Bertz CT molecular complexity index is 319. The second kappa shape index (κ2) is 4.21. The van der Waals surface area contributed by atoms with Crippen LogP contribution in [0.15, 0.2) is 0 Å². The van der Waals surface area contributed by atoms with Crippen molar-refractivity contribution < 1.29 is 4.74 Å². The molecule has 0 aromatic heterocycles. The van der Waals surface area contributed by atoms with Gasteiger partial charge in [-0.1, -0.05) is 20.3 Å². The van der Waals surface area contributed by atoms with Crippen molar-refractivity contribution in [2.75, 3.05) is 0 Å². The van der Waals surface area contributed by atoms with Crippen LogP contribution < -0.4 is 5.73 Å². The fraction of sp³-hybridized carbons (Fsp3) is 1.00. The van der Waals surface area contributed by atoms with Gasteiger partial charge >= 0.3 is 0 Å². The third-order valence-electron chi connectivity index (χ3n) is 5.41. The molecule has 2 heteroatoms. The van der Waals surface area contributed by atoms with E-state index in [1.165, 1.54) is 19.3 Å². The summed E-state index contributed by atoms with van der Waals surface area (Å²) < 4.78 is 6.22. The lowest BCUT2D eigenvalue weighted by molar-refractivity contribution is -0.0794. The van der Waals surface area contributed by atoms with E-state index in [0.717, 1.165) is 6.42 Å². The van der Waals surface area contributed by atoms with Crippen molar-refractivity contribution in [2.24, 2.45) is 23.0 Å². The monoisotopic (exact) mass is 253 g/mol. The van der Waals surface area contributed by atoms with Crippen LogP contribution in [0.3, 0.4) is 0 Å². The van der Waals surface area contributed by atoms with Crippen LogP contribution in [0.2, 0.25) is 0 Å². The maximum absolute atomic E-state index is 6.68. The number of hydrogen-bond donors (Lipinski definition) is 1. The summed E-state index contributed by atoms with van der Waals surface area (Å²) in [7, 11) is 0. The van der Waals surface area contributed by atoms with E-state index in [0.29, 0.717) is 17.3 Å². The maximum atomic E-state index is 6.68. The summed E-state index contributed by atoms with van der Waals surface area (Å²) in [6.45, 7) is 13.6. The van der Waals surface area contributed by atoms with Gasteiger partial charge in [0.15, 0.2) is 0 Å². The molecule has 3 atom stereocenters. The van der Waals surface area contributed by atoms with Crippen molar-refractivity contribution in [2.45, 2.75) is 84.5 Å². The highest BCUT2D eigenvalue weighted by molar-refractivity contribution is 5.03. The molecule has 0 aromatic rings. The van der Waals surface area contributed by atoms with E-state index in [9.17, 15) is 0 Å². The van der Waals surface area contributed by atoms with Crippen molar-refractivity contribution in [1.29, 1.82) is 0 Å². The largest absolute Gasteiger partial charge is 0.369 e. The van der Waals surface area contributed by atoms with Gasteiger partial charge in [-0.05, 0) is 58.3 Å². The van der Waals surface area contributed by atoms with Gasteiger partial charge in [-0.3, -0.25) is 0 Å². The van der Waals surface area contributed by atoms with E-state index < -0.39 is 0 Å². The number of ether oxygens (including phenoxy) is 1. The zero-order valence-corrected chi connectivity index (χ0v) is 13.0. The summed E-state index contributed by atoms with van der Waals surface area (Å²) in [6.07, 6.45) is 5.04. The average Bonchev–Trinajstić information content (AvgIpc) is 2.61. The fourth-order valence-corrected chi connectivity index (χ4v) is 4.55. The molecule has 1 heterocycles. The quantitative estimate of drug-likeness (QED) is 0.814. The molecule has 0 amide bonds. The van der Waals surface area contributed by atoms with Crippen LogP contribution in [0.25, 0.3) is 0 Å². The van der Waals surface area contributed by atoms with E-state index >= 15 is 0 Å². The topological polar surface area (TPSA) is 35.2 Å². The molecule has 1 aliphatic carbocycles.